The minimum atomic E-state index is -0.967. The number of rotatable bonds is 8. The maximum atomic E-state index is 12.9. The lowest BCUT2D eigenvalue weighted by Gasteiger charge is -2.22. The Bertz CT molecular complexity index is 979. The van der Waals surface area contributed by atoms with E-state index in [0.717, 1.165) is 21.4 Å². The van der Waals surface area contributed by atoms with Crippen LogP contribution in [0.3, 0.4) is 0 Å². The first-order valence-electron chi connectivity index (χ1n) is 9.18. The van der Waals surface area contributed by atoms with Crippen LogP contribution >= 0.6 is 0 Å². The molecule has 1 heterocycles. The zero-order valence-electron chi connectivity index (χ0n) is 16.0. The number of carboxylic acids is 1. The number of benzene rings is 2. The van der Waals surface area contributed by atoms with Crippen molar-refractivity contribution in [3.8, 4) is 0 Å². The molecule has 0 aromatic heterocycles. The third kappa shape index (κ3) is 4.38. The highest BCUT2D eigenvalue weighted by Gasteiger charge is 2.36. The van der Waals surface area contributed by atoms with Crippen molar-refractivity contribution in [1.29, 1.82) is 0 Å². The lowest BCUT2D eigenvalue weighted by atomic mass is 10.0. The van der Waals surface area contributed by atoms with Gasteiger partial charge in [-0.3, -0.25) is 19.2 Å². The maximum Gasteiger partial charge on any atom is 0.303 e. The molecule has 3 rings (SSSR count). The first kappa shape index (κ1) is 20.3. The van der Waals surface area contributed by atoms with E-state index in [4.69, 9.17) is 9.94 Å². The Hall–Kier alpha value is -3.39. The predicted molar refractivity (Wildman–Crippen MR) is 105 cm³/mol. The zero-order valence-corrected chi connectivity index (χ0v) is 16.0. The lowest BCUT2D eigenvalue weighted by molar-refractivity contribution is -0.174. The van der Waals surface area contributed by atoms with Gasteiger partial charge in [0.05, 0.1) is 25.8 Å². The molecule has 0 atom stereocenters. The van der Waals surface area contributed by atoms with Gasteiger partial charge in [0.25, 0.3) is 11.8 Å². The van der Waals surface area contributed by atoms with E-state index in [-0.39, 0.29) is 38.0 Å². The molecule has 8 heteroatoms. The number of carbonyl (C=O) groups is 3. The number of nitrogens with zero attached hydrogens (tertiary/aromatic N) is 2. The third-order valence-corrected chi connectivity index (χ3v) is 4.84. The number of hydroxylamine groups is 2. The summed E-state index contributed by atoms with van der Waals surface area (Å²) >= 11 is 0. The monoisotopic (exact) mass is 398 g/mol. The Labute approximate surface area is 167 Å². The van der Waals surface area contributed by atoms with Crippen molar-refractivity contribution in [3.63, 3.8) is 0 Å². The number of aliphatic hydroxyl groups is 1. The summed E-state index contributed by atoms with van der Waals surface area (Å²) < 4.78 is 0. The van der Waals surface area contributed by atoms with E-state index in [0.29, 0.717) is 0 Å². The van der Waals surface area contributed by atoms with Crippen molar-refractivity contribution in [3.05, 3.63) is 59.4 Å². The van der Waals surface area contributed by atoms with Crippen molar-refractivity contribution in [1.82, 2.24) is 9.96 Å². The number of aliphatic hydroxyl groups excluding tert-OH is 1. The summed E-state index contributed by atoms with van der Waals surface area (Å²) in [6.07, 6.45) is 0.138. The molecular formula is C21H22N2O6. The molecule has 1 aliphatic rings. The molecular weight excluding hydrogens is 376 g/mol. The van der Waals surface area contributed by atoms with E-state index >= 15 is 0 Å². The number of carboxylic acid groups (broad SMARTS) is 1. The normalized spacial score (nSPS) is 14.0. The van der Waals surface area contributed by atoms with Gasteiger partial charge in [0.15, 0.2) is 5.76 Å². The van der Waals surface area contributed by atoms with Crippen molar-refractivity contribution in [2.24, 2.45) is 0 Å². The fourth-order valence-corrected chi connectivity index (χ4v) is 3.34. The number of aliphatic carboxylic acids is 1. The van der Waals surface area contributed by atoms with E-state index in [9.17, 15) is 19.5 Å². The summed E-state index contributed by atoms with van der Waals surface area (Å²) in [5.74, 6) is -2.87. The van der Waals surface area contributed by atoms with Gasteiger partial charge in [-0.25, -0.2) is 5.06 Å². The molecule has 0 aliphatic carbocycles. The minimum absolute atomic E-state index is 0.0626. The molecule has 152 valence electrons. The van der Waals surface area contributed by atoms with Crippen LogP contribution < -0.4 is 0 Å². The van der Waals surface area contributed by atoms with Crippen LogP contribution in [0, 0.1) is 0 Å². The topological polar surface area (TPSA) is 107 Å². The average molecular weight is 398 g/mol. The molecule has 2 amide bonds. The largest absolute Gasteiger partial charge is 0.503 e. The lowest BCUT2D eigenvalue weighted by Crippen LogP contribution is -2.33. The molecule has 2 aromatic carbocycles. The van der Waals surface area contributed by atoms with Gasteiger partial charge >= 0.3 is 5.97 Å². The Balaban J connectivity index is 1.75. The molecule has 2 N–H and O–H groups in total. The van der Waals surface area contributed by atoms with Crippen LogP contribution in [0.5, 0.6) is 0 Å². The molecule has 8 nitrogen and oxygen atoms in total. The molecule has 2 aromatic rings. The molecule has 29 heavy (non-hydrogen) atoms. The molecule has 0 saturated carbocycles. The molecule has 1 aliphatic heterocycles. The van der Waals surface area contributed by atoms with Gasteiger partial charge in [0.1, 0.15) is 0 Å². The van der Waals surface area contributed by atoms with E-state index in [1.54, 1.807) is 0 Å². The van der Waals surface area contributed by atoms with Gasteiger partial charge in [-0.2, -0.15) is 0 Å². The highest BCUT2D eigenvalue weighted by molar-refractivity contribution is 6.06. The Kier molecular flexibility index (Phi) is 6.13. The molecule has 0 saturated heterocycles. The molecule has 0 fully saturated rings. The number of fused-ring (bicyclic) bond motifs is 1. The summed E-state index contributed by atoms with van der Waals surface area (Å²) in [4.78, 5) is 42.3. The van der Waals surface area contributed by atoms with Gasteiger partial charge in [-0.15, -0.1) is 0 Å². The van der Waals surface area contributed by atoms with Crippen molar-refractivity contribution >= 4 is 28.6 Å². The third-order valence-electron chi connectivity index (χ3n) is 4.84. The van der Waals surface area contributed by atoms with Crippen molar-refractivity contribution < 1.29 is 29.4 Å². The van der Waals surface area contributed by atoms with Crippen LogP contribution in [0.2, 0.25) is 0 Å². The van der Waals surface area contributed by atoms with Crippen LogP contribution in [0.1, 0.15) is 18.4 Å². The summed E-state index contributed by atoms with van der Waals surface area (Å²) in [5, 5.41) is 22.0. The minimum Gasteiger partial charge on any atom is -0.503 e. The summed E-state index contributed by atoms with van der Waals surface area (Å²) in [5.41, 5.74) is 0.799. The number of amides is 2. The SMILES string of the molecule is CON(Cc1cccc2ccccc12)C(=O)C1=C(O)C(=O)N(CCCC(=O)O)C1. The Morgan fingerprint density at radius 1 is 1.17 bits per heavy atom. The first-order chi connectivity index (χ1) is 13.9. The second-order valence-electron chi connectivity index (χ2n) is 6.71. The quantitative estimate of drug-likeness (QED) is 0.661. The second-order valence-corrected chi connectivity index (χ2v) is 6.71. The smallest absolute Gasteiger partial charge is 0.303 e. The van der Waals surface area contributed by atoms with Crippen LogP contribution in [0.15, 0.2) is 53.8 Å². The van der Waals surface area contributed by atoms with Gasteiger partial charge in [0, 0.05) is 13.0 Å². The van der Waals surface area contributed by atoms with Crippen molar-refractivity contribution in [2.45, 2.75) is 19.4 Å². The number of hydrogen-bond acceptors (Lipinski definition) is 5. The summed E-state index contributed by atoms with van der Waals surface area (Å²) in [6, 6.07) is 13.5. The molecule has 0 spiro atoms. The molecule has 0 unspecified atom stereocenters. The molecule has 0 radical (unpaired) electrons. The van der Waals surface area contributed by atoms with Crippen LogP contribution in [0.25, 0.3) is 10.8 Å². The second kappa shape index (κ2) is 8.74. The fraction of sp³-hybridized carbons (Fsp3) is 0.286. The Morgan fingerprint density at radius 3 is 2.62 bits per heavy atom. The Morgan fingerprint density at radius 2 is 1.90 bits per heavy atom. The number of carbonyl (C=O) groups excluding carboxylic acids is 2. The average Bonchev–Trinajstić information content (AvgIpc) is 3.00. The highest BCUT2D eigenvalue weighted by atomic mass is 16.7. The van der Waals surface area contributed by atoms with E-state index in [2.05, 4.69) is 0 Å². The van der Waals surface area contributed by atoms with Gasteiger partial charge < -0.3 is 15.1 Å². The van der Waals surface area contributed by atoms with Gasteiger partial charge in [0.2, 0.25) is 0 Å². The van der Waals surface area contributed by atoms with Gasteiger partial charge in [-0.1, -0.05) is 42.5 Å². The number of hydrogen-bond donors (Lipinski definition) is 2. The van der Waals surface area contributed by atoms with E-state index in [1.165, 1.54) is 12.0 Å². The van der Waals surface area contributed by atoms with Crippen LogP contribution in [0.4, 0.5) is 0 Å². The highest BCUT2D eigenvalue weighted by Crippen LogP contribution is 2.23. The first-order valence-corrected chi connectivity index (χ1v) is 9.18. The van der Waals surface area contributed by atoms with Crippen molar-refractivity contribution in [2.75, 3.05) is 20.2 Å². The predicted octanol–water partition coefficient (Wildman–Crippen LogP) is 2.25. The fourth-order valence-electron chi connectivity index (χ4n) is 3.34. The standard InChI is InChI=1S/C21H22N2O6/c1-29-23(12-15-8-4-7-14-6-2-3-9-16(14)15)20(27)17-13-22(21(28)19(17)26)11-5-10-18(24)25/h2-4,6-9,26H,5,10-13H2,1H3,(H,24,25). The maximum absolute atomic E-state index is 12.9. The molecule has 0 bridgehead atoms. The zero-order chi connectivity index (χ0) is 21.0. The summed E-state index contributed by atoms with van der Waals surface area (Å²) in [6.45, 7) is 0.196. The van der Waals surface area contributed by atoms with E-state index < -0.39 is 23.5 Å². The van der Waals surface area contributed by atoms with Gasteiger partial charge in [-0.05, 0) is 22.8 Å². The van der Waals surface area contributed by atoms with Crippen LogP contribution in [-0.4, -0.2) is 58.2 Å². The van der Waals surface area contributed by atoms with Crippen LogP contribution in [-0.2, 0) is 25.8 Å². The summed E-state index contributed by atoms with van der Waals surface area (Å²) in [7, 11) is 1.35. The van der Waals surface area contributed by atoms with E-state index in [1.807, 2.05) is 42.5 Å².